The Labute approximate surface area is 119 Å². The van der Waals surface area contributed by atoms with Gasteiger partial charge in [-0.15, -0.1) is 11.3 Å². The van der Waals surface area contributed by atoms with E-state index in [0.29, 0.717) is 0 Å². The molecule has 0 aromatic carbocycles. The fourth-order valence-electron chi connectivity index (χ4n) is 2.82. The first-order chi connectivity index (χ1) is 9.11. The minimum atomic E-state index is 0.00918. The molecule has 1 aromatic rings. The Kier molecular flexibility index (Phi) is 4.99. The van der Waals surface area contributed by atoms with Crippen LogP contribution in [0.25, 0.3) is 0 Å². The number of amides is 1. The summed E-state index contributed by atoms with van der Waals surface area (Å²) < 4.78 is 0. The molecule has 0 aliphatic heterocycles. The normalized spacial score (nSPS) is 25.6. The van der Waals surface area contributed by atoms with E-state index in [9.17, 15) is 4.79 Å². The molecule has 0 bridgehead atoms. The smallest absolute Gasteiger partial charge is 0.227 e. The second kappa shape index (κ2) is 6.53. The molecule has 0 radical (unpaired) electrons. The molecule has 1 aliphatic rings. The Balaban J connectivity index is 2.05. The van der Waals surface area contributed by atoms with E-state index in [2.05, 4.69) is 18.4 Å². The van der Waals surface area contributed by atoms with Crippen LogP contribution in [-0.2, 0) is 4.79 Å². The van der Waals surface area contributed by atoms with Gasteiger partial charge in [0.1, 0.15) is 0 Å². The molecule has 1 amide bonds. The van der Waals surface area contributed by atoms with Crippen molar-refractivity contribution in [2.75, 3.05) is 7.05 Å². The van der Waals surface area contributed by atoms with Gasteiger partial charge in [-0.2, -0.15) is 0 Å². The molecule has 2 N–H and O–H groups in total. The van der Waals surface area contributed by atoms with Gasteiger partial charge in [0.25, 0.3) is 0 Å². The van der Waals surface area contributed by atoms with Crippen LogP contribution >= 0.6 is 11.3 Å². The lowest BCUT2D eigenvalue weighted by molar-refractivity contribution is -0.137. The van der Waals surface area contributed by atoms with E-state index >= 15 is 0 Å². The monoisotopic (exact) mass is 280 g/mol. The number of carbonyl (C=O) groups is 1. The van der Waals surface area contributed by atoms with Crippen LogP contribution in [0.5, 0.6) is 0 Å². The molecular formula is C15H24N2OS. The van der Waals surface area contributed by atoms with Crippen LogP contribution < -0.4 is 5.73 Å². The van der Waals surface area contributed by atoms with Gasteiger partial charge < -0.3 is 10.6 Å². The summed E-state index contributed by atoms with van der Waals surface area (Å²) in [6.45, 7) is 2.09. The van der Waals surface area contributed by atoms with Crippen LogP contribution in [0.2, 0.25) is 0 Å². The van der Waals surface area contributed by atoms with Crippen LogP contribution in [0.3, 0.4) is 0 Å². The van der Waals surface area contributed by atoms with E-state index < -0.39 is 0 Å². The Morgan fingerprint density at radius 3 is 2.84 bits per heavy atom. The highest BCUT2D eigenvalue weighted by Gasteiger charge is 2.31. The number of carbonyl (C=O) groups excluding carboxylic acids is 1. The molecule has 19 heavy (non-hydrogen) atoms. The molecule has 0 spiro atoms. The van der Waals surface area contributed by atoms with Crippen LogP contribution in [0.15, 0.2) is 17.5 Å². The SMILES string of the molecule is CC(c1cccs1)N(C)C(=O)C1CCCCCC1N. The van der Waals surface area contributed by atoms with Crippen molar-refractivity contribution in [2.24, 2.45) is 11.7 Å². The summed E-state index contributed by atoms with van der Waals surface area (Å²) in [6, 6.07) is 4.30. The zero-order valence-electron chi connectivity index (χ0n) is 11.8. The van der Waals surface area contributed by atoms with Crippen molar-refractivity contribution in [1.29, 1.82) is 0 Å². The van der Waals surface area contributed by atoms with E-state index in [1.807, 2.05) is 18.0 Å². The Hall–Kier alpha value is -0.870. The van der Waals surface area contributed by atoms with E-state index in [0.717, 1.165) is 25.7 Å². The molecule has 1 aromatic heterocycles. The predicted molar refractivity (Wildman–Crippen MR) is 80.1 cm³/mol. The second-order valence-corrected chi connectivity index (χ2v) is 6.53. The fraction of sp³-hybridized carbons (Fsp3) is 0.667. The minimum Gasteiger partial charge on any atom is -0.338 e. The largest absolute Gasteiger partial charge is 0.338 e. The van der Waals surface area contributed by atoms with Crippen LogP contribution in [0, 0.1) is 5.92 Å². The standard InChI is InChI=1S/C15H24N2OS/c1-11(14-9-6-10-19-14)17(2)15(18)12-7-4-3-5-8-13(12)16/h6,9-13H,3-5,7-8,16H2,1-2H3. The van der Waals surface area contributed by atoms with E-state index in [-0.39, 0.29) is 23.9 Å². The summed E-state index contributed by atoms with van der Waals surface area (Å²) in [5.74, 6) is 0.227. The number of hydrogen-bond donors (Lipinski definition) is 1. The van der Waals surface area contributed by atoms with Gasteiger partial charge in [-0.3, -0.25) is 4.79 Å². The van der Waals surface area contributed by atoms with Gasteiger partial charge in [-0.05, 0) is 31.2 Å². The summed E-state index contributed by atoms with van der Waals surface area (Å²) >= 11 is 1.70. The van der Waals surface area contributed by atoms with Gasteiger partial charge in [0.15, 0.2) is 0 Å². The molecule has 2 rings (SSSR count). The number of rotatable bonds is 3. The topological polar surface area (TPSA) is 46.3 Å². The van der Waals surface area contributed by atoms with Crippen molar-refractivity contribution in [3.05, 3.63) is 22.4 Å². The lowest BCUT2D eigenvalue weighted by Gasteiger charge is -2.30. The maximum atomic E-state index is 12.6. The van der Waals surface area contributed by atoms with Crippen molar-refractivity contribution in [1.82, 2.24) is 4.90 Å². The first-order valence-electron chi connectivity index (χ1n) is 7.17. The molecule has 3 nitrogen and oxygen atoms in total. The number of nitrogens with zero attached hydrogens (tertiary/aromatic N) is 1. The number of nitrogens with two attached hydrogens (primary N) is 1. The summed E-state index contributed by atoms with van der Waals surface area (Å²) in [5, 5.41) is 2.06. The van der Waals surface area contributed by atoms with Gasteiger partial charge >= 0.3 is 0 Å². The summed E-state index contributed by atoms with van der Waals surface area (Å²) in [5.41, 5.74) is 6.19. The van der Waals surface area contributed by atoms with Crippen molar-refractivity contribution in [3.63, 3.8) is 0 Å². The molecule has 1 aliphatic carbocycles. The average molecular weight is 280 g/mol. The van der Waals surface area contributed by atoms with Gasteiger partial charge in [0.2, 0.25) is 5.91 Å². The molecule has 3 unspecified atom stereocenters. The molecule has 106 valence electrons. The fourth-order valence-corrected chi connectivity index (χ4v) is 3.64. The summed E-state index contributed by atoms with van der Waals surface area (Å²) in [6.07, 6.45) is 5.43. The summed E-state index contributed by atoms with van der Waals surface area (Å²) in [4.78, 5) is 15.8. The number of hydrogen-bond acceptors (Lipinski definition) is 3. The van der Waals surface area contributed by atoms with Gasteiger partial charge in [0, 0.05) is 18.0 Å². The van der Waals surface area contributed by atoms with Crippen molar-refractivity contribution in [2.45, 2.75) is 51.1 Å². The third kappa shape index (κ3) is 3.37. The van der Waals surface area contributed by atoms with Crippen LogP contribution in [0.1, 0.15) is 49.9 Å². The van der Waals surface area contributed by atoms with E-state index in [1.54, 1.807) is 11.3 Å². The molecule has 1 fully saturated rings. The quantitative estimate of drug-likeness (QED) is 0.864. The van der Waals surface area contributed by atoms with Gasteiger partial charge in [-0.25, -0.2) is 0 Å². The molecule has 0 saturated heterocycles. The highest BCUT2D eigenvalue weighted by atomic mass is 32.1. The van der Waals surface area contributed by atoms with Gasteiger partial charge in [-0.1, -0.05) is 25.3 Å². The van der Waals surface area contributed by atoms with Crippen molar-refractivity contribution < 1.29 is 4.79 Å². The highest BCUT2D eigenvalue weighted by Crippen LogP contribution is 2.28. The molecule has 4 heteroatoms. The van der Waals surface area contributed by atoms with Crippen LogP contribution in [-0.4, -0.2) is 23.9 Å². The maximum Gasteiger partial charge on any atom is 0.227 e. The molecule has 3 atom stereocenters. The second-order valence-electron chi connectivity index (χ2n) is 5.55. The first-order valence-corrected chi connectivity index (χ1v) is 8.05. The third-order valence-corrected chi connectivity index (χ3v) is 5.31. The van der Waals surface area contributed by atoms with Gasteiger partial charge in [0.05, 0.1) is 12.0 Å². The Bertz CT molecular complexity index is 404. The predicted octanol–water partition coefficient (Wildman–Crippen LogP) is 3.18. The van der Waals surface area contributed by atoms with E-state index in [1.165, 1.54) is 11.3 Å². The lowest BCUT2D eigenvalue weighted by Crippen LogP contribution is -2.42. The third-order valence-electron chi connectivity index (χ3n) is 4.27. The highest BCUT2D eigenvalue weighted by molar-refractivity contribution is 7.10. The van der Waals surface area contributed by atoms with Crippen LogP contribution in [0.4, 0.5) is 0 Å². The molecular weight excluding hydrogens is 256 g/mol. The average Bonchev–Trinajstić information content (AvgIpc) is 2.86. The molecule has 1 saturated carbocycles. The molecule has 1 heterocycles. The zero-order valence-corrected chi connectivity index (χ0v) is 12.7. The van der Waals surface area contributed by atoms with E-state index in [4.69, 9.17) is 5.73 Å². The van der Waals surface area contributed by atoms with Crippen molar-refractivity contribution in [3.8, 4) is 0 Å². The maximum absolute atomic E-state index is 12.6. The Morgan fingerprint density at radius 2 is 2.16 bits per heavy atom. The first kappa shape index (κ1) is 14.5. The van der Waals surface area contributed by atoms with Crippen molar-refractivity contribution >= 4 is 17.2 Å². The number of thiophene rings is 1. The minimum absolute atomic E-state index is 0.00918. The Morgan fingerprint density at radius 1 is 1.42 bits per heavy atom. The zero-order chi connectivity index (χ0) is 13.8. The lowest BCUT2D eigenvalue weighted by atomic mass is 9.93. The summed E-state index contributed by atoms with van der Waals surface area (Å²) in [7, 11) is 1.91.